The number of hydrogen-bond donors (Lipinski definition) is 0. The lowest BCUT2D eigenvalue weighted by Crippen LogP contribution is -1.75. The highest BCUT2D eigenvalue weighted by atomic mass is 79.9. The van der Waals surface area contributed by atoms with Gasteiger partial charge in [-0.05, 0) is 5.56 Å². The van der Waals surface area contributed by atoms with Crippen LogP contribution in [0.25, 0.3) is 0 Å². The summed E-state index contributed by atoms with van der Waals surface area (Å²) in [6.45, 7) is 0. The van der Waals surface area contributed by atoms with Crippen LogP contribution in [0.3, 0.4) is 0 Å². The van der Waals surface area contributed by atoms with Crippen LogP contribution >= 0.6 is 31.9 Å². The van der Waals surface area contributed by atoms with Gasteiger partial charge in [-0.3, -0.25) is 0 Å². The molecule has 0 saturated heterocycles. The Hall–Kier alpha value is 0.180. The quantitative estimate of drug-likeness (QED) is 0.669. The zero-order valence-corrected chi connectivity index (χ0v) is 7.89. The van der Waals surface area contributed by atoms with Crippen molar-refractivity contribution in [2.45, 2.75) is 3.74 Å². The minimum absolute atomic E-state index is 0.284. The molecule has 0 aliphatic heterocycles. The minimum Gasteiger partial charge on any atom is -0.0712 e. The van der Waals surface area contributed by atoms with Crippen molar-refractivity contribution in [1.82, 2.24) is 0 Å². The minimum atomic E-state index is 0.284. The first kappa shape index (κ1) is 7.29. The Labute approximate surface area is 71.5 Å². The van der Waals surface area contributed by atoms with Crippen LogP contribution in [0.2, 0.25) is 0 Å². The lowest BCUT2D eigenvalue weighted by atomic mass is 10.2. The Kier molecular flexibility index (Phi) is 2.73. The Morgan fingerprint density at radius 3 is 1.89 bits per heavy atom. The molecule has 0 aliphatic carbocycles. The summed E-state index contributed by atoms with van der Waals surface area (Å²) in [6, 6.07) is 10.2. The van der Waals surface area contributed by atoms with E-state index >= 15 is 0 Å². The van der Waals surface area contributed by atoms with Gasteiger partial charge in [0.1, 0.15) is 0 Å². The standard InChI is InChI=1S/C7H6Br2/c8-7(9)6-4-2-1-3-5-6/h1-5,7H. The highest BCUT2D eigenvalue weighted by Crippen LogP contribution is 2.28. The van der Waals surface area contributed by atoms with Crippen molar-refractivity contribution < 1.29 is 0 Å². The van der Waals surface area contributed by atoms with Crippen LogP contribution in [0, 0.1) is 0 Å². The van der Waals surface area contributed by atoms with Gasteiger partial charge in [0.05, 0.1) is 3.74 Å². The Morgan fingerprint density at radius 1 is 1.00 bits per heavy atom. The van der Waals surface area contributed by atoms with E-state index < -0.39 is 0 Å². The maximum absolute atomic E-state index is 3.40. The van der Waals surface area contributed by atoms with Gasteiger partial charge < -0.3 is 0 Å². The van der Waals surface area contributed by atoms with Gasteiger partial charge >= 0.3 is 0 Å². The van der Waals surface area contributed by atoms with Crippen molar-refractivity contribution in [3.63, 3.8) is 0 Å². The number of hydrogen-bond acceptors (Lipinski definition) is 0. The van der Waals surface area contributed by atoms with Gasteiger partial charge in [-0.2, -0.15) is 0 Å². The first-order chi connectivity index (χ1) is 4.30. The molecule has 0 heterocycles. The molecule has 0 unspecified atom stereocenters. The molecule has 0 amide bonds. The molecule has 1 aromatic carbocycles. The zero-order valence-electron chi connectivity index (χ0n) is 4.72. The van der Waals surface area contributed by atoms with E-state index in [4.69, 9.17) is 0 Å². The lowest BCUT2D eigenvalue weighted by Gasteiger charge is -1.97. The Balaban J connectivity index is 2.85. The van der Waals surface area contributed by atoms with Crippen molar-refractivity contribution in [3.8, 4) is 0 Å². The smallest absolute Gasteiger partial charge is 0.0712 e. The van der Waals surface area contributed by atoms with Crippen LogP contribution in [0.5, 0.6) is 0 Å². The maximum Gasteiger partial charge on any atom is 0.0946 e. The first-order valence-electron chi connectivity index (χ1n) is 2.64. The Bertz CT molecular complexity index is 170. The normalized spacial score (nSPS) is 10.1. The lowest BCUT2D eigenvalue weighted by molar-refractivity contribution is 1.43. The first-order valence-corrected chi connectivity index (χ1v) is 4.47. The molecule has 9 heavy (non-hydrogen) atoms. The fourth-order valence-corrected chi connectivity index (χ4v) is 1.21. The van der Waals surface area contributed by atoms with Crippen LogP contribution in [0.4, 0.5) is 0 Å². The number of alkyl halides is 2. The van der Waals surface area contributed by atoms with Crippen molar-refractivity contribution in [3.05, 3.63) is 35.9 Å². The predicted octanol–water partition coefficient (Wildman–Crippen LogP) is 3.48. The van der Waals surface area contributed by atoms with E-state index in [-0.39, 0.29) is 3.74 Å². The van der Waals surface area contributed by atoms with Gasteiger partial charge in [-0.15, -0.1) is 0 Å². The molecular weight excluding hydrogens is 244 g/mol. The topological polar surface area (TPSA) is 0 Å². The fourth-order valence-electron chi connectivity index (χ4n) is 0.599. The highest BCUT2D eigenvalue weighted by molar-refractivity contribution is 9.24. The number of halogens is 2. The average Bonchev–Trinajstić information content (AvgIpc) is 1.90. The van der Waals surface area contributed by atoms with Crippen LogP contribution in [-0.4, -0.2) is 0 Å². The molecule has 0 N–H and O–H groups in total. The number of benzene rings is 1. The third-order valence-electron chi connectivity index (χ3n) is 1.05. The molecule has 0 radical (unpaired) electrons. The second-order valence-electron chi connectivity index (χ2n) is 1.71. The molecule has 1 aromatic rings. The summed E-state index contributed by atoms with van der Waals surface area (Å²) in [7, 11) is 0. The van der Waals surface area contributed by atoms with Crippen molar-refractivity contribution in [2.75, 3.05) is 0 Å². The van der Waals surface area contributed by atoms with Gasteiger partial charge in [0, 0.05) is 0 Å². The molecule has 0 spiro atoms. The summed E-state index contributed by atoms with van der Waals surface area (Å²) in [5.74, 6) is 0. The molecule has 0 nitrogen and oxygen atoms in total. The summed E-state index contributed by atoms with van der Waals surface area (Å²) in [6.07, 6.45) is 0. The van der Waals surface area contributed by atoms with Crippen LogP contribution in [-0.2, 0) is 0 Å². The van der Waals surface area contributed by atoms with Crippen LogP contribution in [0.15, 0.2) is 30.3 Å². The van der Waals surface area contributed by atoms with Gasteiger partial charge in [0.15, 0.2) is 0 Å². The Morgan fingerprint density at radius 2 is 1.56 bits per heavy atom. The summed E-state index contributed by atoms with van der Waals surface area (Å²) < 4.78 is 0.284. The van der Waals surface area contributed by atoms with Gasteiger partial charge in [0.2, 0.25) is 0 Å². The molecule has 0 bridgehead atoms. The second-order valence-corrected chi connectivity index (χ2v) is 4.77. The molecule has 0 fully saturated rings. The van der Waals surface area contributed by atoms with E-state index in [0.29, 0.717) is 0 Å². The van der Waals surface area contributed by atoms with Crippen molar-refractivity contribution in [1.29, 1.82) is 0 Å². The molecule has 2 heteroatoms. The molecule has 48 valence electrons. The largest absolute Gasteiger partial charge is 0.0946 e. The van der Waals surface area contributed by atoms with E-state index in [9.17, 15) is 0 Å². The molecule has 0 aliphatic rings. The van der Waals surface area contributed by atoms with E-state index in [1.165, 1.54) is 5.56 Å². The average molecular weight is 250 g/mol. The molecule has 0 aromatic heterocycles. The van der Waals surface area contributed by atoms with Crippen molar-refractivity contribution >= 4 is 31.9 Å². The highest BCUT2D eigenvalue weighted by Gasteiger charge is 1.97. The summed E-state index contributed by atoms with van der Waals surface area (Å²) in [5.41, 5.74) is 1.25. The monoisotopic (exact) mass is 248 g/mol. The zero-order chi connectivity index (χ0) is 6.69. The van der Waals surface area contributed by atoms with E-state index in [0.717, 1.165) is 0 Å². The molecule has 1 rings (SSSR count). The van der Waals surface area contributed by atoms with Gasteiger partial charge in [-0.25, -0.2) is 0 Å². The maximum atomic E-state index is 3.40. The van der Waals surface area contributed by atoms with Crippen LogP contribution < -0.4 is 0 Å². The number of rotatable bonds is 1. The third kappa shape index (κ3) is 2.11. The van der Waals surface area contributed by atoms with E-state index in [2.05, 4.69) is 44.0 Å². The summed E-state index contributed by atoms with van der Waals surface area (Å²) >= 11 is 6.80. The van der Waals surface area contributed by atoms with Crippen LogP contribution in [0.1, 0.15) is 9.30 Å². The predicted molar refractivity (Wildman–Crippen MR) is 47.0 cm³/mol. The van der Waals surface area contributed by atoms with E-state index in [1.54, 1.807) is 0 Å². The van der Waals surface area contributed by atoms with Gasteiger partial charge in [0.25, 0.3) is 0 Å². The van der Waals surface area contributed by atoms with Crippen molar-refractivity contribution in [2.24, 2.45) is 0 Å². The second kappa shape index (κ2) is 3.37. The molecule has 0 atom stereocenters. The fraction of sp³-hybridized carbons (Fsp3) is 0.143. The molecular formula is C7H6Br2. The third-order valence-corrected chi connectivity index (χ3v) is 2.11. The molecule has 0 saturated carbocycles. The van der Waals surface area contributed by atoms with E-state index in [1.807, 2.05) is 18.2 Å². The summed E-state index contributed by atoms with van der Waals surface area (Å²) in [4.78, 5) is 0. The SMILES string of the molecule is BrC(Br)c1ccccc1. The van der Waals surface area contributed by atoms with Gasteiger partial charge in [-0.1, -0.05) is 62.2 Å². The summed E-state index contributed by atoms with van der Waals surface area (Å²) in [5, 5.41) is 0.